The number of unbranched alkanes of at least 4 members (excludes halogenated alkanes) is 2. The highest BCUT2D eigenvalue weighted by atomic mass is 16.2. The van der Waals surface area contributed by atoms with E-state index in [0.717, 1.165) is 19.3 Å². The van der Waals surface area contributed by atoms with Crippen LogP contribution < -0.4 is 27.8 Å². The van der Waals surface area contributed by atoms with E-state index in [2.05, 4.69) is 10.6 Å². The molecule has 8 N–H and O–H groups in total. The Hall–Kier alpha value is -1.67. The first kappa shape index (κ1) is 24.3. The minimum atomic E-state index is -0.752. The molecule has 0 aliphatic rings. The lowest BCUT2D eigenvalue weighted by Gasteiger charge is -2.22. The SMILES string of the molecule is CC[C@H](C)CC(=O)N[C@@H](CCCCN)C(=O)N[C@@H](CCCCN)C(N)=O. The number of nitrogens with two attached hydrogens (primary N) is 3. The second kappa shape index (κ2) is 14.5. The Balaban J connectivity index is 4.82. The average molecular weight is 372 g/mol. The fraction of sp³-hybridized carbons (Fsp3) is 0.833. The first-order chi connectivity index (χ1) is 12.3. The molecule has 0 saturated carbocycles. The third-order valence-electron chi connectivity index (χ3n) is 4.44. The maximum atomic E-state index is 12.6. The Bertz CT molecular complexity index is 431. The molecule has 152 valence electrons. The summed E-state index contributed by atoms with van der Waals surface area (Å²) in [5.41, 5.74) is 16.3. The van der Waals surface area contributed by atoms with Crippen LogP contribution in [-0.2, 0) is 14.4 Å². The molecule has 8 nitrogen and oxygen atoms in total. The van der Waals surface area contributed by atoms with E-state index in [0.29, 0.717) is 45.2 Å². The summed E-state index contributed by atoms with van der Waals surface area (Å²) < 4.78 is 0. The highest BCUT2D eigenvalue weighted by Gasteiger charge is 2.25. The second-order valence-electron chi connectivity index (χ2n) is 6.87. The zero-order valence-electron chi connectivity index (χ0n) is 16.3. The number of hydrogen-bond acceptors (Lipinski definition) is 5. The number of carbonyl (C=O) groups excluding carboxylic acids is 3. The van der Waals surface area contributed by atoms with Gasteiger partial charge in [0.25, 0.3) is 0 Å². The molecule has 0 fully saturated rings. The normalized spacial score (nSPS) is 14.3. The van der Waals surface area contributed by atoms with Crippen molar-refractivity contribution in [3.05, 3.63) is 0 Å². The number of rotatable bonds is 15. The van der Waals surface area contributed by atoms with Crippen LogP contribution in [0.2, 0.25) is 0 Å². The second-order valence-corrected chi connectivity index (χ2v) is 6.87. The van der Waals surface area contributed by atoms with Crippen molar-refractivity contribution in [2.75, 3.05) is 13.1 Å². The van der Waals surface area contributed by atoms with Crippen molar-refractivity contribution in [3.8, 4) is 0 Å². The smallest absolute Gasteiger partial charge is 0.243 e. The van der Waals surface area contributed by atoms with Crippen LogP contribution in [0.3, 0.4) is 0 Å². The van der Waals surface area contributed by atoms with Crippen molar-refractivity contribution < 1.29 is 14.4 Å². The van der Waals surface area contributed by atoms with Gasteiger partial charge in [0, 0.05) is 6.42 Å². The molecular weight excluding hydrogens is 334 g/mol. The maximum absolute atomic E-state index is 12.6. The lowest BCUT2D eigenvalue weighted by atomic mass is 10.0. The molecule has 26 heavy (non-hydrogen) atoms. The van der Waals surface area contributed by atoms with Crippen LogP contribution in [0.5, 0.6) is 0 Å². The van der Waals surface area contributed by atoms with Crippen molar-refractivity contribution in [1.82, 2.24) is 10.6 Å². The van der Waals surface area contributed by atoms with E-state index in [-0.39, 0.29) is 17.7 Å². The summed E-state index contributed by atoms with van der Waals surface area (Å²) in [5, 5.41) is 5.46. The van der Waals surface area contributed by atoms with E-state index in [1.807, 2.05) is 13.8 Å². The lowest BCUT2D eigenvalue weighted by Crippen LogP contribution is -2.53. The molecular formula is C18H37N5O3. The van der Waals surface area contributed by atoms with Crippen molar-refractivity contribution in [1.29, 1.82) is 0 Å². The minimum absolute atomic E-state index is 0.161. The predicted molar refractivity (Wildman–Crippen MR) is 103 cm³/mol. The summed E-state index contributed by atoms with van der Waals surface area (Å²) in [4.78, 5) is 36.3. The monoisotopic (exact) mass is 371 g/mol. The molecule has 0 aliphatic carbocycles. The maximum Gasteiger partial charge on any atom is 0.243 e. The van der Waals surface area contributed by atoms with Crippen LogP contribution in [0.25, 0.3) is 0 Å². The van der Waals surface area contributed by atoms with Crippen molar-refractivity contribution in [2.24, 2.45) is 23.1 Å². The van der Waals surface area contributed by atoms with Gasteiger partial charge in [0.1, 0.15) is 12.1 Å². The third-order valence-corrected chi connectivity index (χ3v) is 4.44. The summed E-state index contributed by atoms with van der Waals surface area (Å²) in [6.45, 7) is 5.05. The highest BCUT2D eigenvalue weighted by molar-refractivity contribution is 5.91. The molecule has 0 aliphatic heterocycles. The lowest BCUT2D eigenvalue weighted by molar-refractivity contribution is -0.131. The summed E-state index contributed by atoms with van der Waals surface area (Å²) in [7, 11) is 0. The quantitative estimate of drug-likeness (QED) is 0.259. The molecule has 0 rings (SSSR count). The van der Waals surface area contributed by atoms with Gasteiger partial charge in [0.2, 0.25) is 17.7 Å². The van der Waals surface area contributed by atoms with Crippen LogP contribution in [0.1, 0.15) is 65.2 Å². The minimum Gasteiger partial charge on any atom is -0.368 e. The van der Waals surface area contributed by atoms with E-state index < -0.39 is 18.0 Å². The molecule has 0 aromatic heterocycles. The Morgan fingerprint density at radius 1 is 0.885 bits per heavy atom. The molecule has 0 saturated heterocycles. The number of carbonyl (C=O) groups is 3. The van der Waals surface area contributed by atoms with Gasteiger partial charge in [-0.3, -0.25) is 14.4 Å². The van der Waals surface area contributed by atoms with Crippen LogP contribution in [0.15, 0.2) is 0 Å². The first-order valence-corrected chi connectivity index (χ1v) is 9.64. The van der Waals surface area contributed by atoms with E-state index in [4.69, 9.17) is 17.2 Å². The van der Waals surface area contributed by atoms with Crippen molar-refractivity contribution in [2.45, 2.75) is 77.3 Å². The molecule has 0 aromatic carbocycles. The zero-order valence-corrected chi connectivity index (χ0v) is 16.3. The van der Waals surface area contributed by atoms with E-state index >= 15 is 0 Å². The Labute approximate surface area is 157 Å². The number of hydrogen-bond donors (Lipinski definition) is 5. The van der Waals surface area contributed by atoms with Gasteiger partial charge in [-0.05, 0) is 57.5 Å². The summed E-state index contributed by atoms with van der Waals surface area (Å²) in [6, 6.07) is -1.44. The Morgan fingerprint density at radius 3 is 1.88 bits per heavy atom. The fourth-order valence-corrected chi connectivity index (χ4v) is 2.53. The van der Waals surface area contributed by atoms with Gasteiger partial charge in [0.15, 0.2) is 0 Å². The molecule has 3 atom stereocenters. The molecule has 0 aromatic rings. The zero-order chi connectivity index (χ0) is 19.9. The standard InChI is InChI=1S/C18H37N5O3/c1-3-13(2)12-16(24)22-15(9-5-7-11-20)18(26)23-14(17(21)25)8-4-6-10-19/h13-15H,3-12,19-20H2,1-2H3,(H2,21,25)(H,22,24)(H,23,26)/t13-,14-,15-/m0/s1. The summed E-state index contributed by atoms with van der Waals surface area (Å²) >= 11 is 0. The molecule has 8 heteroatoms. The van der Waals surface area contributed by atoms with Crippen LogP contribution in [-0.4, -0.2) is 42.9 Å². The average Bonchev–Trinajstić information content (AvgIpc) is 2.59. The molecule has 0 heterocycles. The van der Waals surface area contributed by atoms with E-state index in [1.165, 1.54) is 0 Å². The number of primary amides is 1. The van der Waals surface area contributed by atoms with Gasteiger partial charge in [-0.15, -0.1) is 0 Å². The van der Waals surface area contributed by atoms with Crippen molar-refractivity contribution >= 4 is 17.7 Å². The van der Waals surface area contributed by atoms with Gasteiger partial charge in [-0.25, -0.2) is 0 Å². The van der Waals surface area contributed by atoms with Crippen LogP contribution >= 0.6 is 0 Å². The first-order valence-electron chi connectivity index (χ1n) is 9.64. The van der Waals surface area contributed by atoms with Crippen LogP contribution in [0.4, 0.5) is 0 Å². The number of nitrogens with one attached hydrogen (secondary N) is 2. The summed E-state index contributed by atoms with van der Waals surface area (Å²) in [6.07, 6.45) is 5.11. The van der Waals surface area contributed by atoms with Gasteiger partial charge in [-0.1, -0.05) is 20.3 Å². The Morgan fingerprint density at radius 2 is 1.42 bits per heavy atom. The molecule has 3 amide bonds. The van der Waals surface area contributed by atoms with Gasteiger partial charge in [-0.2, -0.15) is 0 Å². The highest BCUT2D eigenvalue weighted by Crippen LogP contribution is 2.08. The molecule has 0 radical (unpaired) electrons. The Kier molecular flexibility index (Phi) is 13.6. The van der Waals surface area contributed by atoms with E-state index in [9.17, 15) is 14.4 Å². The topological polar surface area (TPSA) is 153 Å². The van der Waals surface area contributed by atoms with E-state index in [1.54, 1.807) is 0 Å². The van der Waals surface area contributed by atoms with Gasteiger partial charge < -0.3 is 27.8 Å². The van der Waals surface area contributed by atoms with Crippen LogP contribution in [0, 0.1) is 5.92 Å². The predicted octanol–water partition coefficient (Wildman–Crippen LogP) is 0.136. The number of amides is 3. The van der Waals surface area contributed by atoms with Crippen molar-refractivity contribution in [3.63, 3.8) is 0 Å². The van der Waals surface area contributed by atoms with Gasteiger partial charge >= 0.3 is 0 Å². The largest absolute Gasteiger partial charge is 0.368 e. The molecule has 0 unspecified atom stereocenters. The van der Waals surface area contributed by atoms with Gasteiger partial charge in [0.05, 0.1) is 0 Å². The molecule has 0 bridgehead atoms. The fourth-order valence-electron chi connectivity index (χ4n) is 2.53. The third kappa shape index (κ3) is 11.0. The summed E-state index contributed by atoms with van der Waals surface area (Å²) in [5.74, 6) is -0.874. The molecule has 0 spiro atoms.